The summed E-state index contributed by atoms with van der Waals surface area (Å²) in [7, 11) is 0. The van der Waals surface area contributed by atoms with E-state index in [0.29, 0.717) is 17.9 Å². The van der Waals surface area contributed by atoms with Crippen molar-refractivity contribution in [3.05, 3.63) is 53.6 Å². The SMILES string of the molecule is CCC(=O)c1ccc(Oc2cccc(F)c2C#N)cn1. The number of hydrogen-bond acceptors (Lipinski definition) is 4. The standard InChI is InChI=1S/C15H11FN2O2/c1-2-14(19)13-7-6-10(9-18-13)20-15-5-3-4-12(16)11(15)8-17/h3-7,9H,2H2,1H3. The Labute approximate surface area is 115 Å². The molecule has 0 N–H and O–H groups in total. The number of nitrogens with zero attached hydrogens (tertiary/aromatic N) is 2. The summed E-state index contributed by atoms with van der Waals surface area (Å²) in [6.07, 6.45) is 1.74. The Bertz CT molecular complexity index is 675. The zero-order chi connectivity index (χ0) is 14.5. The molecule has 100 valence electrons. The van der Waals surface area contributed by atoms with Crippen molar-refractivity contribution in [2.45, 2.75) is 13.3 Å². The van der Waals surface area contributed by atoms with Crippen molar-refractivity contribution in [1.82, 2.24) is 4.98 Å². The van der Waals surface area contributed by atoms with Gasteiger partial charge in [-0.1, -0.05) is 13.0 Å². The molecule has 5 heteroatoms. The highest BCUT2D eigenvalue weighted by atomic mass is 19.1. The van der Waals surface area contributed by atoms with Gasteiger partial charge in [-0.25, -0.2) is 9.37 Å². The highest BCUT2D eigenvalue weighted by molar-refractivity contribution is 5.93. The van der Waals surface area contributed by atoms with E-state index in [1.807, 2.05) is 0 Å². The van der Waals surface area contributed by atoms with Crippen LogP contribution in [-0.2, 0) is 0 Å². The van der Waals surface area contributed by atoms with Crippen LogP contribution in [-0.4, -0.2) is 10.8 Å². The van der Waals surface area contributed by atoms with Crippen molar-refractivity contribution >= 4 is 5.78 Å². The van der Waals surface area contributed by atoms with E-state index in [1.54, 1.807) is 19.1 Å². The summed E-state index contributed by atoms with van der Waals surface area (Å²) < 4.78 is 18.8. The second-order valence-corrected chi connectivity index (χ2v) is 3.98. The van der Waals surface area contributed by atoms with E-state index < -0.39 is 5.82 Å². The molecule has 0 radical (unpaired) electrons. The third-order valence-corrected chi connectivity index (χ3v) is 2.66. The first-order valence-corrected chi connectivity index (χ1v) is 6.01. The number of benzene rings is 1. The van der Waals surface area contributed by atoms with E-state index in [9.17, 15) is 9.18 Å². The number of pyridine rings is 1. The molecule has 0 atom stereocenters. The molecule has 0 aliphatic heterocycles. The van der Waals surface area contributed by atoms with Crippen LogP contribution >= 0.6 is 0 Å². The van der Waals surface area contributed by atoms with Gasteiger partial charge in [0.25, 0.3) is 0 Å². The number of carbonyl (C=O) groups is 1. The zero-order valence-electron chi connectivity index (χ0n) is 10.8. The van der Waals surface area contributed by atoms with E-state index in [1.165, 1.54) is 30.5 Å². The number of halogens is 1. The number of carbonyl (C=O) groups excluding carboxylic acids is 1. The van der Waals surface area contributed by atoms with E-state index in [-0.39, 0.29) is 17.1 Å². The Morgan fingerprint density at radius 1 is 1.40 bits per heavy atom. The molecule has 20 heavy (non-hydrogen) atoms. The molecule has 1 heterocycles. The molecule has 0 aliphatic carbocycles. The molecule has 0 fully saturated rings. The van der Waals surface area contributed by atoms with Crippen LogP contribution in [0.15, 0.2) is 36.5 Å². The summed E-state index contributed by atoms with van der Waals surface area (Å²) >= 11 is 0. The van der Waals surface area contributed by atoms with Crippen LogP contribution in [0.4, 0.5) is 4.39 Å². The maximum absolute atomic E-state index is 13.4. The lowest BCUT2D eigenvalue weighted by atomic mass is 10.2. The molecule has 1 aromatic heterocycles. The molecule has 4 nitrogen and oxygen atoms in total. The molecule has 0 spiro atoms. The highest BCUT2D eigenvalue weighted by Gasteiger charge is 2.10. The number of ether oxygens (including phenoxy) is 1. The highest BCUT2D eigenvalue weighted by Crippen LogP contribution is 2.26. The Hall–Kier alpha value is -2.74. The molecule has 0 bridgehead atoms. The van der Waals surface area contributed by atoms with Crippen molar-refractivity contribution in [3.8, 4) is 17.6 Å². The predicted molar refractivity (Wildman–Crippen MR) is 70.0 cm³/mol. The lowest BCUT2D eigenvalue weighted by Crippen LogP contribution is -2.00. The zero-order valence-corrected chi connectivity index (χ0v) is 10.8. The first-order chi connectivity index (χ1) is 9.65. The summed E-state index contributed by atoms with van der Waals surface area (Å²) in [4.78, 5) is 15.4. The second kappa shape index (κ2) is 5.93. The molecule has 1 aromatic carbocycles. The second-order valence-electron chi connectivity index (χ2n) is 3.98. The van der Waals surface area contributed by atoms with Crippen LogP contribution in [0.1, 0.15) is 29.4 Å². The van der Waals surface area contributed by atoms with Crippen molar-refractivity contribution in [3.63, 3.8) is 0 Å². The Balaban J connectivity index is 2.25. The van der Waals surface area contributed by atoms with Gasteiger partial charge in [-0.05, 0) is 24.3 Å². The molecule has 0 unspecified atom stereocenters. The fraction of sp³-hybridized carbons (Fsp3) is 0.133. The predicted octanol–water partition coefficient (Wildman–Crippen LogP) is 3.48. The molecule has 0 saturated heterocycles. The minimum atomic E-state index is -0.643. The smallest absolute Gasteiger partial charge is 0.180 e. The van der Waals surface area contributed by atoms with Crippen LogP contribution in [0.3, 0.4) is 0 Å². The van der Waals surface area contributed by atoms with Gasteiger partial charge in [-0.15, -0.1) is 0 Å². The van der Waals surface area contributed by atoms with Gasteiger partial charge >= 0.3 is 0 Å². The van der Waals surface area contributed by atoms with Crippen LogP contribution in [0.2, 0.25) is 0 Å². The van der Waals surface area contributed by atoms with Crippen molar-refractivity contribution < 1.29 is 13.9 Å². The average molecular weight is 270 g/mol. The Morgan fingerprint density at radius 3 is 2.80 bits per heavy atom. The summed E-state index contributed by atoms with van der Waals surface area (Å²) in [5.41, 5.74) is 0.181. The van der Waals surface area contributed by atoms with Gasteiger partial charge in [-0.2, -0.15) is 5.26 Å². The number of rotatable bonds is 4. The number of Topliss-reactive ketones (excluding diaryl/α,β-unsaturated/α-hetero) is 1. The van der Waals surface area contributed by atoms with Gasteiger partial charge < -0.3 is 4.74 Å². The fourth-order valence-corrected chi connectivity index (χ4v) is 1.61. The summed E-state index contributed by atoms with van der Waals surface area (Å²) in [6.45, 7) is 1.75. The molecule has 0 saturated carbocycles. The molecule has 0 amide bonds. The Morgan fingerprint density at radius 2 is 2.20 bits per heavy atom. The number of ketones is 1. The summed E-state index contributed by atoms with van der Waals surface area (Å²) in [6, 6.07) is 8.97. The van der Waals surface area contributed by atoms with Gasteiger partial charge in [0.1, 0.15) is 34.6 Å². The fourth-order valence-electron chi connectivity index (χ4n) is 1.61. The van der Waals surface area contributed by atoms with Crippen LogP contribution in [0.5, 0.6) is 11.5 Å². The maximum Gasteiger partial charge on any atom is 0.180 e. The summed E-state index contributed by atoms with van der Waals surface area (Å²) in [5, 5.41) is 8.90. The van der Waals surface area contributed by atoms with Gasteiger partial charge in [0.05, 0.1) is 6.20 Å². The topological polar surface area (TPSA) is 63.0 Å². The number of nitriles is 1. The van der Waals surface area contributed by atoms with Crippen LogP contribution < -0.4 is 4.74 Å². The third-order valence-electron chi connectivity index (χ3n) is 2.66. The molecule has 0 aliphatic rings. The van der Waals surface area contributed by atoms with Crippen molar-refractivity contribution in [2.24, 2.45) is 0 Å². The van der Waals surface area contributed by atoms with Gasteiger partial charge in [0, 0.05) is 6.42 Å². The lowest BCUT2D eigenvalue weighted by molar-refractivity contribution is 0.0983. The maximum atomic E-state index is 13.4. The van der Waals surface area contributed by atoms with Crippen molar-refractivity contribution in [1.29, 1.82) is 5.26 Å². The number of hydrogen-bond donors (Lipinski definition) is 0. The van der Waals surface area contributed by atoms with Crippen molar-refractivity contribution in [2.75, 3.05) is 0 Å². The Kier molecular flexibility index (Phi) is 4.06. The normalized spacial score (nSPS) is 9.85. The minimum Gasteiger partial charge on any atom is -0.454 e. The third kappa shape index (κ3) is 2.81. The largest absolute Gasteiger partial charge is 0.454 e. The lowest BCUT2D eigenvalue weighted by Gasteiger charge is -2.07. The average Bonchev–Trinajstić information content (AvgIpc) is 2.47. The summed E-state index contributed by atoms with van der Waals surface area (Å²) in [5.74, 6) is -0.264. The first-order valence-electron chi connectivity index (χ1n) is 6.01. The first kappa shape index (κ1) is 13.7. The monoisotopic (exact) mass is 270 g/mol. The van der Waals surface area contributed by atoms with E-state index in [2.05, 4.69) is 4.98 Å². The van der Waals surface area contributed by atoms with E-state index >= 15 is 0 Å². The molecule has 2 rings (SSSR count). The number of aromatic nitrogens is 1. The van der Waals surface area contributed by atoms with Crippen LogP contribution in [0, 0.1) is 17.1 Å². The van der Waals surface area contributed by atoms with Crippen LogP contribution in [0.25, 0.3) is 0 Å². The van der Waals surface area contributed by atoms with E-state index in [4.69, 9.17) is 10.00 Å². The quantitative estimate of drug-likeness (QED) is 0.798. The van der Waals surface area contributed by atoms with Gasteiger partial charge in [0.2, 0.25) is 0 Å². The molecular weight excluding hydrogens is 259 g/mol. The minimum absolute atomic E-state index is 0.0694. The van der Waals surface area contributed by atoms with Gasteiger partial charge in [-0.3, -0.25) is 4.79 Å². The molecule has 2 aromatic rings. The van der Waals surface area contributed by atoms with Gasteiger partial charge in [0.15, 0.2) is 5.78 Å². The molecular formula is C15H11FN2O2. The van der Waals surface area contributed by atoms with E-state index in [0.717, 1.165) is 0 Å².